The van der Waals surface area contributed by atoms with Crippen molar-refractivity contribution in [2.24, 2.45) is 7.05 Å². The molecule has 0 bridgehead atoms. The Morgan fingerprint density at radius 1 is 1.44 bits per heavy atom. The zero-order valence-electron chi connectivity index (χ0n) is 10.8. The molecule has 6 nitrogen and oxygen atoms in total. The maximum absolute atomic E-state index is 11.8. The Balaban J connectivity index is 1.90. The summed E-state index contributed by atoms with van der Waals surface area (Å²) < 4.78 is 3.44. The van der Waals surface area contributed by atoms with Crippen molar-refractivity contribution in [1.82, 2.24) is 24.9 Å². The van der Waals surface area contributed by atoms with Crippen molar-refractivity contribution in [2.45, 2.75) is 26.9 Å². The average Bonchev–Trinajstić information content (AvgIpc) is 2.83. The number of hydrogen-bond donors (Lipinski definition) is 1. The lowest BCUT2D eigenvalue weighted by Gasteiger charge is -2.07. The topological polar surface area (TPSA) is 64.7 Å². The van der Waals surface area contributed by atoms with Crippen LogP contribution in [0.3, 0.4) is 0 Å². The molecule has 0 saturated heterocycles. The van der Waals surface area contributed by atoms with Crippen LogP contribution < -0.4 is 5.32 Å². The molecule has 0 unspecified atom stereocenters. The van der Waals surface area contributed by atoms with Crippen molar-refractivity contribution in [2.75, 3.05) is 0 Å². The Hall–Kier alpha value is -2.11. The number of hydrogen-bond acceptors (Lipinski definition) is 3. The molecule has 0 radical (unpaired) electrons. The lowest BCUT2D eigenvalue weighted by molar-refractivity contribution is -0.122. The highest BCUT2D eigenvalue weighted by molar-refractivity contribution is 5.75. The van der Waals surface area contributed by atoms with Crippen LogP contribution in [0.5, 0.6) is 0 Å². The highest BCUT2D eigenvalue weighted by Gasteiger charge is 2.07. The molecule has 2 rings (SSSR count). The smallest absolute Gasteiger partial charge is 0.242 e. The van der Waals surface area contributed by atoms with Gasteiger partial charge in [-0.25, -0.2) is 0 Å². The van der Waals surface area contributed by atoms with Gasteiger partial charge in [-0.3, -0.25) is 14.2 Å². The van der Waals surface area contributed by atoms with Gasteiger partial charge in [-0.15, -0.1) is 0 Å². The van der Waals surface area contributed by atoms with E-state index in [1.807, 2.05) is 33.0 Å². The average molecular weight is 247 g/mol. The summed E-state index contributed by atoms with van der Waals surface area (Å²) in [7, 11) is 1.85. The summed E-state index contributed by atoms with van der Waals surface area (Å²) in [6.07, 6.45) is 1.71. The standard InChI is InChI=1S/C12H17N5O/c1-9-6-10(2)17(15-9)8-12(18)13-7-11-4-5-14-16(11)3/h4-6H,7-8H2,1-3H3,(H,13,18). The van der Waals surface area contributed by atoms with E-state index in [1.54, 1.807) is 15.6 Å². The molecule has 0 saturated carbocycles. The molecule has 0 aliphatic rings. The fourth-order valence-corrected chi connectivity index (χ4v) is 1.79. The fourth-order valence-electron chi connectivity index (χ4n) is 1.79. The van der Waals surface area contributed by atoms with Gasteiger partial charge < -0.3 is 5.32 Å². The van der Waals surface area contributed by atoms with Gasteiger partial charge in [0.15, 0.2) is 0 Å². The summed E-state index contributed by atoms with van der Waals surface area (Å²) in [6.45, 7) is 4.58. The van der Waals surface area contributed by atoms with Crippen LogP contribution in [0, 0.1) is 13.8 Å². The third-order valence-electron chi connectivity index (χ3n) is 2.79. The normalized spacial score (nSPS) is 10.6. The van der Waals surface area contributed by atoms with Crippen LogP contribution >= 0.6 is 0 Å². The number of rotatable bonds is 4. The van der Waals surface area contributed by atoms with Crippen molar-refractivity contribution < 1.29 is 4.79 Å². The Kier molecular flexibility index (Phi) is 3.45. The first-order chi connectivity index (χ1) is 8.56. The van der Waals surface area contributed by atoms with Gasteiger partial charge >= 0.3 is 0 Å². The second-order valence-electron chi connectivity index (χ2n) is 4.31. The fraction of sp³-hybridized carbons (Fsp3) is 0.417. The van der Waals surface area contributed by atoms with Gasteiger partial charge in [0, 0.05) is 18.9 Å². The van der Waals surface area contributed by atoms with Crippen LogP contribution in [0.2, 0.25) is 0 Å². The Bertz CT molecular complexity index is 555. The largest absolute Gasteiger partial charge is 0.349 e. The van der Waals surface area contributed by atoms with Crippen LogP contribution in [0.15, 0.2) is 18.3 Å². The number of nitrogens with zero attached hydrogens (tertiary/aromatic N) is 4. The van der Waals surface area contributed by atoms with Crippen molar-refractivity contribution in [3.05, 3.63) is 35.4 Å². The predicted molar refractivity (Wildman–Crippen MR) is 66.8 cm³/mol. The van der Waals surface area contributed by atoms with Crippen LogP contribution in [0.1, 0.15) is 17.1 Å². The second-order valence-corrected chi connectivity index (χ2v) is 4.31. The van der Waals surface area contributed by atoms with Gasteiger partial charge in [0.1, 0.15) is 6.54 Å². The molecular formula is C12H17N5O. The molecule has 2 aromatic rings. The Morgan fingerprint density at radius 3 is 2.78 bits per heavy atom. The van der Waals surface area contributed by atoms with Crippen LogP contribution in [0.25, 0.3) is 0 Å². The minimum absolute atomic E-state index is 0.0533. The molecule has 1 amide bonds. The summed E-state index contributed by atoms with van der Waals surface area (Å²) in [5.74, 6) is -0.0533. The van der Waals surface area contributed by atoms with E-state index < -0.39 is 0 Å². The van der Waals surface area contributed by atoms with E-state index in [1.165, 1.54) is 0 Å². The predicted octanol–water partition coefficient (Wildman–Crippen LogP) is 0.550. The highest BCUT2D eigenvalue weighted by atomic mass is 16.2. The number of carbonyl (C=O) groups is 1. The van der Waals surface area contributed by atoms with E-state index >= 15 is 0 Å². The van der Waals surface area contributed by atoms with E-state index in [2.05, 4.69) is 15.5 Å². The molecular weight excluding hydrogens is 230 g/mol. The Labute approximate surface area is 106 Å². The van der Waals surface area contributed by atoms with Crippen molar-refractivity contribution in [3.63, 3.8) is 0 Å². The number of aryl methyl sites for hydroxylation is 3. The monoisotopic (exact) mass is 247 g/mol. The van der Waals surface area contributed by atoms with Gasteiger partial charge in [0.25, 0.3) is 0 Å². The minimum atomic E-state index is -0.0533. The molecule has 0 fully saturated rings. The molecule has 0 atom stereocenters. The van der Waals surface area contributed by atoms with Gasteiger partial charge in [0.2, 0.25) is 5.91 Å². The number of nitrogens with one attached hydrogen (secondary N) is 1. The van der Waals surface area contributed by atoms with E-state index in [0.717, 1.165) is 17.1 Å². The van der Waals surface area contributed by atoms with Gasteiger partial charge in [-0.2, -0.15) is 10.2 Å². The first-order valence-electron chi connectivity index (χ1n) is 5.81. The number of aromatic nitrogens is 4. The van der Waals surface area contributed by atoms with Crippen LogP contribution in [0.4, 0.5) is 0 Å². The zero-order valence-corrected chi connectivity index (χ0v) is 10.8. The van der Waals surface area contributed by atoms with E-state index in [-0.39, 0.29) is 12.5 Å². The molecule has 0 spiro atoms. The maximum Gasteiger partial charge on any atom is 0.242 e. The van der Waals surface area contributed by atoms with Gasteiger partial charge in [-0.1, -0.05) is 0 Å². The third-order valence-corrected chi connectivity index (χ3v) is 2.79. The maximum atomic E-state index is 11.8. The van der Waals surface area contributed by atoms with E-state index in [0.29, 0.717) is 6.54 Å². The molecule has 0 aromatic carbocycles. The second kappa shape index (κ2) is 5.03. The lowest BCUT2D eigenvalue weighted by atomic mass is 10.4. The quantitative estimate of drug-likeness (QED) is 0.858. The first kappa shape index (κ1) is 12.3. The summed E-state index contributed by atoms with van der Waals surface area (Å²) in [5, 5.41) is 11.1. The molecule has 96 valence electrons. The van der Waals surface area contributed by atoms with E-state index in [4.69, 9.17) is 0 Å². The summed E-state index contributed by atoms with van der Waals surface area (Å²) >= 11 is 0. The first-order valence-corrected chi connectivity index (χ1v) is 5.81. The summed E-state index contributed by atoms with van der Waals surface area (Å²) in [4.78, 5) is 11.8. The van der Waals surface area contributed by atoms with Crippen molar-refractivity contribution in [3.8, 4) is 0 Å². The third kappa shape index (κ3) is 2.77. The minimum Gasteiger partial charge on any atom is -0.349 e. The summed E-state index contributed by atoms with van der Waals surface area (Å²) in [6, 6.07) is 3.83. The molecule has 0 aliphatic carbocycles. The van der Waals surface area contributed by atoms with Gasteiger partial charge in [0.05, 0.1) is 17.9 Å². The van der Waals surface area contributed by atoms with E-state index in [9.17, 15) is 4.79 Å². The molecule has 18 heavy (non-hydrogen) atoms. The zero-order chi connectivity index (χ0) is 13.1. The van der Waals surface area contributed by atoms with Crippen molar-refractivity contribution in [1.29, 1.82) is 0 Å². The number of amides is 1. The molecule has 1 N–H and O–H groups in total. The summed E-state index contributed by atoms with van der Waals surface area (Å²) in [5.41, 5.74) is 2.88. The SMILES string of the molecule is Cc1cc(C)n(CC(=O)NCc2ccnn2C)n1. The molecule has 2 heterocycles. The Morgan fingerprint density at radius 2 is 2.22 bits per heavy atom. The molecule has 2 aromatic heterocycles. The van der Waals surface area contributed by atoms with Gasteiger partial charge in [-0.05, 0) is 26.0 Å². The van der Waals surface area contributed by atoms with Crippen LogP contribution in [-0.4, -0.2) is 25.5 Å². The number of carbonyl (C=O) groups excluding carboxylic acids is 1. The molecule has 0 aliphatic heterocycles. The lowest BCUT2D eigenvalue weighted by Crippen LogP contribution is -2.28. The van der Waals surface area contributed by atoms with Crippen LogP contribution in [-0.2, 0) is 24.9 Å². The van der Waals surface area contributed by atoms with Crippen molar-refractivity contribution >= 4 is 5.91 Å². The highest BCUT2D eigenvalue weighted by Crippen LogP contribution is 2.01. The molecule has 6 heteroatoms.